The van der Waals surface area contributed by atoms with Gasteiger partial charge in [-0.25, -0.2) is 4.39 Å². The van der Waals surface area contributed by atoms with Gasteiger partial charge in [-0.2, -0.15) is 4.98 Å². The molecule has 0 aliphatic heterocycles. The minimum absolute atomic E-state index is 0.338. The SMILES string of the molecule is Cn1c(SCc2nc(-c3ccco3)no2)nnc1-c1ccccc1F. The summed E-state index contributed by atoms with van der Waals surface area (Å²) in [5.74, 6) is 1.91. The van der Waals surface area contributed by atoms with Gasteiger partial charge in [0.2, 0.25) is 11.7 Å². The number of hydrogen-bond donors (Lipinski definition) is 0. The van der Waals surface area contributed by atoms with Crippen molar-refractivity contribution < 1.29 is 13.3 Å². The molecule has 4 rings (SSSR count). The maximum Gasteiger partial charge on any atom is 0.238 e. The smallest absolute Gasteiger partial charge is 0.238 e. The molecule has 0 N–H and O–H groups in total. The molecule has 0 bridgehead atoms. The van der Waals surface area contributed by atoms with Gasteiger partial charge in [-0.05, 0) is 24.3 Å². The molecule has 0 saturated heterocycles. The maximum atomic E-state index is 13.9. The Morgan fingerprint density at radius 3 is 2.84 bits per heavy atom. The van der Waals surface area contributed by atoms with E-state index in [1.54, 1.807) is 48.2 Å². The predicted molar refractivity (Wildman–Crippen MR) is 88.0 cm³/mol. The highest BCUT2D eigenvalue weighted by Crippen LogP contribution is 2.26. The molecular weight excluding hydrogens is 345 g/mol. The van der Waals surface area contributed by atoms with Gasteiger partial charge in [0.05, 0.1) is 17.6 Å². The molecule has 7 nitrogen and oxygen atoms in total. The van der Waals surface area contributed by atoms with Crippen LogP contribution in [0.2, 0.25) is 0 Å². The third kappa shape index (κ3) is 3.05. The Labute approximate surface area is 145 Å². The lowest BCUT2D eigenvalue weighted by Gasteiger charge is -2.03. The van der Waals surface area contributed by atoms with Crippen LogP contribution in [-0.4, -0.2) is 24.9 Å². The van der Waals surface area contributed by atoms with Crippen molar-refractivity contribution in [2.75, 3.05) is 0 Å². The fourth-order valence-electron chi connectivity index (χ4n) is 2.26. The summed E-state index contributed by atoms with van der Waals surface area (Å²) in [7, 11) is 1.78. The standard InChI is InChI=1S/C16H12FN5O2S/c1-22-15(10-5-2-3-6-11(10)17)19-20-16(22)25-9-13-18-14(21-24-13)12-7-4-8-23-12/h2-8H,9H2,1H3. The normalized spacial score (nSPS) is 11.1. The quantitative estimate of drug-likeness (QED) is 0.505. The molecular formula is C16H12FN5O2S. The molecule has 4 aromatic rings. The average molecular weight is 357 g/mol. The van der Waals surface area contributed by atoms with Crippen LogP contribution in [0.3, 0.4) is 0 Å². The zero-order valence-corrected chi connectivity index (χ0v) is 13.9. The number of aromatic nitrogens is 5. The van der Waals surface area contributed by atoms with E-state index in [1.165, 1.54) is 17.8 Å². The summed E-state index contributed by atoms with van der Waals surface area (Å²) in [6.07, 6.45) is 1.55. The Morgan fingerprint density at radius 2 is 2.04 bits per heavy atom. The van der Waals surface area contributed by atoms with Crippen molar-refractivity contribution in [1.82, 2.24) is 24.9 Å². The van der Waals surface area contributed by atoms with Crippen LogP contribution in [0.4, 0.5) is 4.39 Å². The van der Waals surface area contributed by atoms with E-state index in [1.807, 2.05) is 0 Å². The summed E-state index contributed by atoms with van der Waals surface area (Å²) in [4.78, 5) is 4.27. The van der Waals surface area contributed by atoms with E-state index in [4.69, 9.17) is 8.94 Å². The largest absolute Gasteiger partial charge is 0.461 e. The first kappa shape index (κ1) is 15.6. The monoisotopic (exact) mass is 357 g/mol. The van der Waals surface area contributed by atoms with Gasteiger partial charge in [-0.3, -0.25) is 0 Å². The maximum absolute atomic E-state index is 13.9. The van der Waals surface area contributed by atoms with E-state index in [9.17, 15) is 4.39 Å². The molecule has 25 heavy (non-hydrogen) atoms. The van der Waals surface area contributed by atoms with Gasteiger partial charge in [0.25, 0.3) is 0 Å². The van der Waals surface area contributed by atoms with Gasteiger partial charge in [0.15, 0.2) is 16.7 Å². The Hall–Kier alpha value is -2.94. The van der Waals surface area contributed by atoms with Gasteiger partial charge >= 0.3 is 0 Å². The molecule has 0 spiro atoms. The lowest BCUT2D eigenvalue weighted by molar-refractivity contribution is 0.390. The van der Waals surface area contributed by atoms with E-state index in [0.29, 0.717) is 39.8 Å². The number of hydrogen-bond acceptors (Lipinski definition) is 7. The molecule has 0 atom stereocenters. The molecule has 0 amide bonds. The minimum atomic E-state index is -0.338. The van der Waals surface area contributed by atoms with Crippen LogP contribution in [0.1, 0.15) is 5.89 Å². The predicted octanol–water partition coefficient (Wildman–Crippen LogP) is 3.56. The third-order valence-corrected chi connectivity index (χ3v) is 4.49. The molecule has 0 saturated carbocycles. The van der Waals surface area contributed by atoms with Crippen LogP contribution in [0, 0.1) is 5.82 Å². The van der Waals surface area contributed by atoms with Crippen LogP contribution in [-0.2, 0) is 12.8 Å². The van der Waals surface area contributed by atoms with Crippen LogP contribution in [0.25, 0.3) is 23.0 Å². The van der Waals surface area contributed by atoms with Gasteiger partial charge in [-0.15, -0.1) is 10.2 Å². The van der Waals surface area contributed by atoms with Crippen LogP contribution < -0.4 is 0 Å². The summed E-state index contributed by atoms with van der Waals surface area (Å²) >= 11 is 1.37. The fourth-order valence-corrected chi connectivity index (χ4v) is 3.01. The highest BCUT2D eigenvalue weighted by atomic mass is 32.2. The number of benzene rings is 1. The van der Waals surface area contributed by atoms with E-state index < -0.39 is 0 Å². The second-order valence-electron chi connectivity index (χ2n) is 5.12. The number of nitrogens with zero attached hydrogens (tertiary/aromatic N) is 5. The Balaban J connectivity index is 1.50. The molecule has 0 fully saturated rings. The summed E-state index contributed by atoms with van der Waals surface area (Å²) in [6.45, 7) is 0. The Morgan fingerprint density at radius 1 is 1.16 bits per heavy atom. The van der Waals surface area contributed by atoms with Crippen LogP contribution in [0.15, 0.2) is 56.8 Å². The molecule has 3 heterocycles. The summed E-state index contributed by atoms with van der Waals surface area (Å²) in [5, 5.41) is 12.7. The number of rotatable bonds is 5. The molecule has 0 aliphatic carbocycles. The fraction of sp³-hybridized carbons (Fsp3) is 0.125. The minimum Gasteiger partial charge on any atom is -0.461 e. The van der Waals surface area contributed by atoms with Gasteiger partial charge in [0.1, 0.15) is 5.82 Å². The van der Waals surface area contributed by atoms with Gasteiger partial charge in [-0.1, -0.05) is 29.1 Å². The molecule has 3 aromatic heterocycles. The van der Waals surface area contributed by atoms with Gasteiger partial charge in [0, 0.05) is 7.05 Å². The molecule has 1 aromatic carbocycles. The molecule has 0 radical (unpaired) electrons. The first-order valence-electron chi connectivity index (χ1n) is 7.36. The number of halogens is 1. The molecule has 9 heteroatoms. The number of furan rings is 1. The van der Waals surface area contributed by atoms with Crippen molar-refractivity contribution in [2.45, 2.75) is 10.9 Å². The van der Waals surface area contributed by atoms with E-state index in [2.05, 4.69) is 20.3 Å². The van der Waals surface area contributed by atoms with Crippen molar-refractivity contribution in [2.24, 2.45) is 7.05 Å². The second kappa shape index (κ2) is 6.52. The number of thioether (sulfide) groups is 1. The molecule has 126 valence electrons. The summed E-state index contributed by atoms with van der Waals surface area (Å²) in [5.41, 5.74) is 0.405. The van der Waals surface area contributed by atoms with Crippen LogP contribution in [0.5, 0.6) is 0 Å². The zero-order chi connectivity index (χ0) is 17.2. The first-order chi connectivity index (χ1) is 12.2. The highest BCUT2D eigenvalue weighted by Gasteiger charge is 2.16. The second-order valence-corrected chi connectivity index (χ2v) is 6.07. The van der Waals surface area contributed by atoms with E-state index in [-0.39, 0.29) is 5.82 Å². The summed E-state index contributed by atoms with van der Waals surface area (Å²) in [6, 6.07) is 9.97. The van der Waals surface area contributed by atoms with E-state index in [0.717, 1.165) is 0 Å². The Kier molecular flexibility index (Phi) is 4.06. The van der Waals surface area contributed by atoms with Crippen molar-refractivity contribution in [3.63, 3.8) is 0 Å². The van der Waals surface area contributed by atoms with Crippen molar-refractivity contribution in [1.29, 1.82) is 0 Å². The average Bonchev–Trinajstić information content (AvgIpc) is 3.35. The van der Waals surface area contributed by atoms with Crippen molar-refractivity contribution in [3.8, 4) is 23.0 Å². The van der Waals surface area contributed by atoms with Crippen molar-refractivity contribution >= 4 is 11.8 Å². The lowest BCUT2D eigenvalue weighted by Crippen LogP contribution is -1.96. The van der Waals surface area contributed by atoms with E-state index >= 15 is 0 Å². The first-order valence-corrected chi connectivity index (χ1v) is 8.34. The summed E-state index contributed by atoms with van der Waals surface area (Å²) < 4.78 is 26.1. The van der Waals surface area contributed by atoms with Crippen LogP contribution >= 0.6 is 11.8 Å². The molecule has 0 unspecified atom stereocenters. The van der Waals surface area contributed by atoms with Gasteiger partial charge < -0.3 is 13.5 Å². The third-order valence-electron chi connectivity index (χ3n) is 3.48. The zero-order valence-electron chi connectivity index (χ0n) is 13.1. The highest BCUT2D eigenvalue weighted by molar-refractivity contribution is 7.98. The van der Waals surface area contributed by atoms with Crippen molar-refractivity contribution in [3.05, 3.63) is 54.4 Å². The Bertz CT molecular complexity index is 996. The molecule has 0 aliphatic rings. The topological polar surface area (TPSA) is 82.8 Å². The lowest BCUT2D eigenvalue weighted by atomic mass is 10.2.